The second-order valence-corrected chi connectivity index (χ2v) is 6.22. The minimum atomic E-state index is -0.310. The average molecular weight is 341 g/mol. The number of nitrogen functional groups attached to an aromatic ring is 1. The number of fused-ring (bicyclic) bond motifs is 1. The van der Waals surface area contributed by atoms with E-state index in [0.717, 1.165) is 16.1 Å². The largest absolute Gasteiger partial charge is 0.391 e. The van der Waals surface area contributed by atoms with Gasteiger partial charge in [-0.2, -0.15) is 0 Å². The molecule has 3 heterocycles. The van der Waals surface area contributed by atoms with E-state index >= 15 is 0 Å². The first-order valence-electron chi connectivity index (χ1n) is 7.12. The van der Waals surface area contributed by atoms with Crippen molar-refractivity contribution < 1.29 is 9.50 Å². The normalized spacial score (nSPS) is 11.2. The molecule has 1 aromatic carbocycles. The van der Waals surface area contributed by atoms with Gasteiger partial charge in [0.15, 0.2) is 4.96 Å². The van der Waals surface area contributed by atoms with E-state index in [4.69, 9.17) is 5.73 Å². The summed E-state index contributed by atoms with van der Waals surface area (Å²) in [6.45, 7) is -0.0642. The molecule has 0 aliphatic carbocycles. The number of nitrogens with two attached hydrogens (primary N) is 1. The highest BCUT2D eigenvalue weighted by Gasteiger charge is 2.19. The summed E-state index contributed by atoms with van der Waals surface area (Å²) < 4.78 is 15.1. The van der Waals surface area contributed by atoms with Crippen LogP contribution < -0.4 is 5.73 Å². The van der Waals surface area contributed by atoms with Crippen LogP contribution >= 0.6 is 11.3 Å². The van der Waals surface area contributed by atoms with Crippen molar-refractivity contribution in [2.45, 2.75) is 6.61 Å². The maximum Gasteiger partial charge on any atom is 0.220 e. The fourth-order valence-corrected chi connectivity index (χ4v) is 3.36. The van der Waals surface area contributed by atoms with Gasteiger partial charge in [0.25, 0.3) is 0 Å². The molecule has 6 nitrogen and oxygen atoms in total. The van der Waals surface area contributed by atoms with Crippen LogP contribution in [0.5, 0.6) is 0 Å². The van der Waals surface area contributed by atoms with Gasteiger partial charge in [0.05, 0.1) is 22.9 Å². The summed E-state index contributed by atoms with van der Waals surface area (Å²) in [6.07, 6.45) is 3.39. The first-order valence-corrected chi connectivity index (χ1v) is 7.94. The molecule has 0 fully saturated rings. The van der Waals surface area contributed by atoms with E-state index in [2.05, 4.69) is 15.0 Å². The van der Waals surface area contributed by atoms with Crippen LogP contribution in [0.25, 0.3) is 27.6 Å². The Morgan fingerprint density at radius 2 is 1.96 bits per heavy atom. The molecule has 4 rings (SSSR count). The molecule has 24 heavy (non-hydrogen) atoms. The molecule has 0 saturated heterocycles. The monoisotopic (exact) mass is 341 g/mol. The molecule has 4 aromatic rings. The summed E-state index contributed by atoms with van der Waals surface area (Å²) in [5.74, 6) is -0.153. The van der Waals surface area contributed by atoms with E-state index in [9.17, 15) is 9.50 Å². The second-order valence-electron chi connectivity index (χ2n) is 5.12. The Balaban J connectivity index is 2.00. The summed E-state index contributed by atoms with van der Waals surface area (Å²) in [5.41, 5.74) is 8.48. The zero-order valence-corrected chi connectivity index (χ0v) is 13.2. The van der Waals surface area contributed by atoms with Crippen LogP contribution in [0.15, 0.2) is 42.7 Å². The van der Waals surface area contributed by atoms with Gasteiger partial charge in [-0.05, 0) is 30.3 Å². The summed E-state index contributed by atoms with van der Waals surface area (Å²) >= 11 is 1.38. The molecule has 0 aliphatic heterocycles. The van der Waals surface area contributed by atoms with Gasteiger partial charge in [-0.25, -0.2) is 19.3 Å². The van der Waals surface area contributed by atoms with Crippen LogP contribution in [-0.2, 0) is 6.61 Å². The predicted molar refractivity (Wildman–Crippen MR) is 89.8 cm³/mol. The number of rotatable bonds is 3. The minimum absolute atomic E-state index is 0.0642. The second kappa shape index (κ2) is 5.66. The molecule has 0 spiro atoms. The van der Waals surface area contributed by atoms with Crippen molar-refractivity contribution in [2.75, 3.05) is 5.73 Å². The molecule has 0 bridgehead atoms. The molecule has 120 valence electrons. The third kappa shape index (κ3) is 2.41. The number of hydrogen-bond acceptors (Lipinski definition) is 6. The molecule has 8 heteroatoms. The van der Waals surface area contributed by atoms with E-state index in [1.54, 1.807) is 24.4 Å². The van der Waals surface area contributed by atoms with Crippen LogP contribution in [0.4, 0.5) is 10.3 Å². The lowest BCUT2D eigenvalue weighted by Gasteiger charge is -2.05. The lowest BCUT2D eigenvalue weighted by atomic mass is 10.1. The highest BCUT2D eigenvalue weighted by Crippen LogP contribution is 2.34. The minimum Gasteiger partial charge on any atom is -0.391 e. The van der Waals surface area contributed by atoms with Crippen molar-refractivity contribution in [3.8, 4) is 22.6 Å². The third-order valence-corrected chi connectivity index (χ3v) is 4.53. The van der Waals surface area contributed by atoms with Crippen molar-refractivity contribution in [1.29, 1.82) is 0 Å². The maximum absolute atomic E-state index is 13.2. The highest BCUT2D eigenvalue weighted by molar-refractivity contribution is 7.17. The predicted octanol–water partition coefficient (Wildman–Crippen LogP) is 2.73. The average Bonchev–Trinajstić information content (AvgIpc) is 3.12. The van der Waals surface area contributed by atoms with Gasteiger partial charge in [0.1, 0.15) is 11.5 Å². The van der Waals surface area contributed by atoms with Crippen LogP contribution in [0, 0.1) is 5.82 Å². The number of aliphatic hydroxyl groups is 1. The van der Waals surface area contributed by atoms with Crippen molar-refractivity contribution in [2.24, 2.45) is 0 Å². The molecule has 0 saturated carbocycles. The summed E-state index contributed by atoms with van der Waals surface area (Å²) in [7, 11) is 0. The van der Waals surface area contributed by atoms with Crippen molar-refractivity contribution in [3.63, 3.8) is 0 Å². The van der Waals surface area contributed by atoms with Gasteiger partial charge < -0.3 is 10.8 Å². The molecular formula is C16H12FN5OS. The van der Waals surface area contributed by atoms with Gasteiger partial charge >= 0.3 is 0 Å². The summed E-state index contributed by atoms with van der Waals surface area (Å²) in [4.78, 5) is 14.3. The van der Waals surface area contributed by atoms with Gasteiger partial charge in [-0.1, -0.05) is 11.3 Å². The number of benzene rings is 1. The Hall–Kier alpha value is -2.84. The van der Waals surface area contributed by atoms with Gasteiger partial charge in [0.2, 0.25) is 5.95 Å². The maximum atomic E-state index is 13.2. The first kappa shape index (κ1) is 14.7. The summed E-state index contributed by atoms with van der Waals surface area (Å²) in [6, 6.07) is 7.86. The van der Waals surface area contributed by atoms with Crippen LogP contribution in [-0.4, -0.2) is 24.5 Å². The van der Waals surface area contributed by atoms with Crippen molar-refractivity contribution in [1.82, 2.24) is 19.4 Å². The molecule has 0 atom stereocenters. The molecule has 3 aromatic heterocycles. The topological polar surface area (TPSA) is 89.3 Å². The van der Waals surface area contributed by atoms with Crippen molar-refractivity contribution in [3.05, 3.63) is 53.4 Å². The fraction of sp³-hybridized carbons (Fsp3) is 0.0625. The molecular weight excluding hydrogens is 329 g/mol. The number of halogens is 1. The Kier molecular flexibility index (Phi) is 3.47. The van der Waals surface area contributed by atoms with Gasteiger partial charge in [0, 0.05) is 18.0 Å². The van der Waals surface area contributed by atoms with Gasteiger partial charge in [-0.15, -0.1) is 0 Å². The molecule has 0 aliphatic rings. The number of imidazole rings is 1. The Morgan fingerprint density at radius 3 is 2.67 bits per heavy atom. The van der Waals surface area contributed by atoms with Crippen molar-refractivity contribution >= 4 is 22.2 Å². The van der Waals surface area contributed by atoms with Gasteiger partial charge in [-0.3, -0.25) is 4.40 Å². The highest BCUT2D eigenvalue weighted by atomic mass is 32.1. The van der Waals surface area contributed by atoms with E-state index in [1.165, 1.54) is 23.5 Å². The molecule has 0 amide bonds. The standard InChI is InChI=1S/C16H12FN5OS/c17-10-3-1-9(2-4-10)13-14(12-5-6-19-15(18)20-12)22-7-11(8-23)24-16(22)21-13/h1-7,23H,8H2,(H2,18,19,20). The smallest absolute Gasteiger partial charge is 0.220 e. The number of nitrogens with zero attached hydrogens (tertiary/aromatic N) is 4. The molecule has 3 N–H and O–H groups in total. The zero-order chi connectivity index (χ0) is 16.7. The Labute approximate surface area is 140 Å². The van der Waals surface area contributed by atoms with E-state index < -0.39 is 0 Å². The number of hydrogen-bond donors (Lipinski definition) is 2. The van der Waals surface area contributed by atoms with E-state index in [1.807, 2.05) is 10.6 Å². The third-order valence-electron chi connectivity index (χ3n) is 3.56. The zero-order valence-electron chi connectivity index (χ0n) is 12.3. The van der Waals surface area contributed by atoms with E-state index in [0.29, 0.717) is 16.3 Å². The first-order chi connectivity index (χ1) is 11.7. The van der Waals surface area contributed by atoms with Crippen LogP contribution in [0.3, 0.4) is 0 Å². The molecule has 0 unspecified atom stereocenters. The lowest BCUT2D eigenvalue weighted by Crippen LogP contribution is -1.97. The summed E-state index contributed by atoms with van der Waals surface area (Å²) in [5, 5.41) is 9.36. The Morgan fingerprint density at radius 1 is 1.17 bits per heavy atom. The number of anilines is 1. The lowest BCUT2D eigenvalue weighted by molar-refractivity contribution is 0.285. The number of aliphatic hydroxyl groups excluding tert-OH is 1. The molecule has 0 radical (unpaired) electrons. The SMILES string of the molecule is Nc1nccc(-c2c(-c3ccc(F)cc3)nc3sc(CO)cn23)n1. The number of aromatic nitrogens is 4. The van der Waals surface area contributed by atoms with Crippen LogP contribution in [0.2, 0.25) is 0 Å². The Bertz CT molecular complexity index is 1020. The van der Waals surface area contributed by atoms with E-state index in [-0.39, 0.29) is 18.4 Å². The number of thiazole rings is 1. The fourth-order valence-electron chi connectivity index (χ4n) is 2.52. The van der Waals surface area contributed by atoms with Crippen LogP contribution in [0.1, 0.15) is 4.88 Å². The quantitative estimate of drug-likeness (QED) is 0.598.